The third kappa shape index (κ3) is 4.19. The maximum Gasteiger partial charge on any atom is 0.222 e. The van der Waals surface area contributed by atoms with Gasteiger partial charge in [0.25, 0.3) is 0 Å². The number of halogens is 1. The Morgan fingerprint density at radius 1 is 1.29 bits per heavy atom. The second kappa shape index (κ2) is 6.92. The molecular formula is C17H21ClN2O. The molecule has 0 saturated carbocycles. The molecule has 112 valence electrons. The normalized spacial score (nSPS) is 12.2. The second-order valence-electron chi connectivity index (χ2n) is 5.37. The van der Waals surface area contributed by atoms with Crippen molar-refractivity contribution < 1.29 is 4.74 Å². The Bertz CT molecular complexity index is 628. The van der Waals surface area contributed by atoms with Crippen LogP contribution in [0.4, 0.5) is 0 Å². The highest BCUT2D eigenvalue weighted by molar-refractivity contribution is 6.32. The minimum absolute atomic E-state index is 0.171. The summed E-state index contributed by atoms with van der Waals surface area (Å²) in [7, 11) is 0. The molecule has 21 heavy (non-hydrogen) atoms. The molecule has 4 heteroatoms. The summed E-state index contributed by atoms with van der Waals surface area (Å²) in [5.41, 5.74) is 9.18. The largest absolute Gasteiger partial charge is 0.437 e. The average molecular weight is 305 g/mol. The van der Waals surface area contributed by atoms with Gasteiger partial charge in [-0.05, 0) is 56.0 Å². The molecular weight excluding hydrogens is 284 g/mol. The van der Waals surface area contributed by atoms with E-state index in [9.17, 15) is 0 Å². The molecule has 3 nitrogen and oxygen atoms in total. The van der Waals surface area contributed by atoms with Crippen molar-refractivity contribution in [1.82, 2.24) is 4.98 Å². The third-order valence-electron chi connectivity index (χ3n) is 3.40. The van der Waals surface area contributed by atoms with E-state index in [1.54, 1.807) is 0 Å². The highest BCUT2D eigenvalue weighted by Crippen LogP contribution is 2.30. The molecule has 0 saturated heterocycles. The average Bonchev–Trinajstić information content (AvgIpc) is 2.45. The number of ether oxygens (including phenoxy) is 1. The minimum Gasteiger partial charge on any atom is -0.437 e. The third-order valence-corrected chi connectivity index (χ3v) is 3.71. The molecule has 1 heterocycles. The van der Waals surface area contributed by atoms with Crippen LogP contribution in [0, 0.1) is 13.8 Å². The lowest BCUT2D eigenvalue weighted by atomic mass is 10.1. The fraction of sp³-hybridized carbons (Fsp3) is 0.353. The van der Waals surface area contributed by atoms with E-state index in [2.05, 4.69) is 18.0 Å². The van der Waals surface area contributed by atoms with E-state index < -0.39 is 0 Å². The number of hydrogen-bond donors (Lipinski definition) is 1. The fourth-order valence-electron chi connectivity index (χ4n) is 2.08. The van der Waals surface area contributed by atoms with Crippen LogP contribution >= 0.6 is 11.6 Å². The van der Waals surface area contributed by atoms with Gasteiger partial charge >= 0.3 is 0 Å². The Hall–Kier alpha value is -1.58. The van der Waals surface area contributed by atoms with Gasteiger partial charge in [-0.1, -0.05) is 24.6 Å². The van der Waals surface area contributed by atoms with Crippen LogP contribution in [0.1, 0.15) is 30.0 Å². The molecule has 2 aromatic rings. The van der Waals surface area contributed by atoms with Crippen LogP contribution in [0.25, 0.3) is 0 Å². The molecule has 2 N–H and O–H groups in total. The smallest absolute Gasteiger partial charge is 0.222 e. The topological polar surface area (TPSA) is 48.1 Å². The van der Waals surface area contributed by atoms with Gasteiger partial charge in [-0.2, -0.15) is 0 Å². The molecule has 0 fully saturated rings. The van der Waals surface area contributed by atoms with Crippen LogP contribution in [-0.4, -0.2) is 11.0 Å². The van der Waals surface area contributed by atoms with E-state index in [-0.39, 0.29) is 6.04 Å². The van der Waals surface area contributed by atoms with Crippen LogP contribution in [0.15, 0.2) is 30.5 Å². The van der Waals surface area contributed by atoms with E-state index in [1.807, 2.05) is 38.2 Å². The summed E-state index contributed by atoms with van der Waals surface area (Å²) in [5, 5.41) is 0.582. The molecule has 0 radical (unpaired) electrons. The minimum atomic E-state index is 0.171. The number of hydrogen-bond acceptors (Lipinski definition) is 3. The van der Waals surface area contributed by atoms with Gasteiger partial charge in [0.1, 0.15) is 5.75 Å². The number of aromatic nitrogens is 1. The second-order valence-corrected chi connectivity index (χ2v) is 5.78. The van der Waals surface area contributed by atoms with Crippen molar-refractivity contribution in [3.8, 4) is 11.6 Å². The van der Waals surface area contributed by atoms with Crippen LogP contribution in [-0.2, 0) is 6.42 Å². The first kappa shape index (κ1) is 15.8. The quantitative estimate of drug-likeness (QED) is 0.889. The lowest BCUT2D eigenvalue weighted by molar-refractivity contribution is 0.458. The summed E-state index contributed by atoms with van der Waals surface area (Å²) in [5.74, 6) is 1.21. The molecule has 0 bridgehead atoms. The molecule has 1 unspecified atom stereocenters. The van der Waals surface area contributed by atoms with Gasteiger partial charge in [0, 0.05) is 17.8 Å². The van der Waals surface area contributed by atoms with Gasteiger partial charge in [-0.15, -0.1) is 0 Å². The number of nitrogens with two attached hydrogens (primary N) is 1. The summed E-state index contributed by atoms with van der Waals surface area (Å²) >= 11 is 6.15. The van der Waals surface area contributed by atoms with Crippen LogP contribution < -0.4 is 10.5 Å². The van der Waals surface area contributed by atoms with Crippen molar-refractivity contribution in [2.24, 2.45) is 5.73 Å². The standard InChI is InChI=1S/C17H21ClN2O/c1-4-14(19)9-13-8-12(3)17(20-10-13)21-16-7-11(2)5-6-15(16)18/h5-8,10,14H,4,9,19H2,1-3H3. The van der Waals surface area contributed by atoms with Crippen LogP contribution in [0.5, 0.6) is 11.6 Å². The van der Waals surface area contributed by atoms with E-state index in [0.717, 1.165) is 29.5 Å². The first-order chi connectivity index (χ1) is 9.99. The predicted molar refractivity (Wildman–Crippen MR) is 87.2 cm³/mol. The lowest BCUT2D eigenvalue weighted by Crippen LogP contribution is -2.21. The van der Waals surface area contributed by atoms with Crippen molar-refractivity contribution >= 4 is 11.6 Å². The number of rotatable bonds is 5. The van der Waals surface area contributed by atoms with Crippen molar-refractivity contribution in [3.05, 3.63) is 52.2 Å². The molecule has 2 rings (SSSR count). The fourth-order valence-corrected chi connectivity index (χ4v) is 2.24. The molecule has 0 aliphatic carbocycles. The van der Waals surface area contributed by atoms with Gasteiger partial charge in [0.2, 0.25) is 5.88 Å². The van der Waals surface area contributed by atoms with Gasteiger partial charge in [0.15, 0.2) is 0 Å². The molecule has 0 amide bonds. The Balaban J connectivity index is 2.19. The molecule has 1 aromatic heterocycles. The summed E-state index contributed by atoms with van der Waals surface area (Å²) in [6, 6.07) is 7.93. The van der Waals surface area contributed by atoms with Gasteiger partial charge in [0.05, 0.1) is 5.02 Å². The summed E-state index contributed by atoms with van der Waals surface area (Å²) in [4.78, 5) is 4.40. The maximum atomic E-state index is 6.15. The zero-order valence-corrected chi connectivity index (χ0v) is 13.4. The van der Waals surface area contributed by atoms with Crippen molar-refractivity contribution in [1.29, 1.82) is 0 Å². The number of pyridine rings is 1. The SMILES string of the molecule is CCC(N)Cc1cnc(Oc2cc(C)ccc2Cl)c(C)c1. The van der Waals surface area contributed by atoms with Crippen molar-refractivity contribution in [2.75, 3.05) is 0 Å². The maximum absolute atomic E-state index is 6.15. The zero-order chi connectivity index (χ0) is 15.4. The molecule has 1 aromatic carbocycles. The van der Waals surface area contributed by atoms with E-state index in [0.29, 0.717) is 16.7 Å². The Labute approximate surface area is 131 Å². The van der Waals surface area contributed by atoms with Gasteiger partial charge in [-0.3, -0.25) is 0 Å². The summed E-state index contributed by atoms with van der Waals surface area (Å²) < 4.78 is 5.83. The van der Waals surface area contributed by atoms with E-state index >= 15 is 0 Å². The number of aryl methyl sites for hydroxylation is 2. The Morgan fingerprint density at radius 3 is 2.71 bits per heavy atom. The molecule has 0 aliphatic rings. The van der Waals surface area contributed by atoms with Gasteiger partial charge in [-0.25, -0.2) is 4.98 Å². The van der Waals surface area contributed by atoms with Crippen LogP contribution in [0.2, 0.25) is 5.02 Å². The van der Waals surface area contributed by atoms with Crippen LogP contribution in [0.3, 0.4) is 0 Å². The first-order valence-corrected chi connectivity index (χ1v) is 7.52. The highest BCUT2D eigenvalue weighted by Gasteiger charge is 2.09. The summed E-state index contributed by atoms with van der Waals surface area (Å²) in [6.45, 7) is 6.06. The van der Waals surface area contributed by atoms with Gasteiger partial charge < -0.3 is 10.5 Å². The number of nitrogens with zero attached hydrogens (tertiary/aromatic N) is 1. The van der Waals surface area contributed by atoms with E-state index in [4.69, 9.17) is 22.1 Å². The van der Waals surface area contributed by atoms with E-state index in [1.165, 1.54) is 0 Å². The molecule has 0 spiro atoms. The number of benzene rings is 1. The highest BCUT2D eigenvalue weighted by atomic mass is 35.5. The molecule has 0 aliphatic heterocycles. The van der Waals surface area contributed by atoms with Crippen molar-refractivity contribution in [2.45, 2.75) is 39.7 Å². The first-order valence-electron chi connectivity index (χ1n) is 7.14. The molecule has 1 atom stereocenters. The zero-order valence-electron chi connectivity index (χ0n) is 12.7. The monoisotopic (exact) mass is 304 g/mol. The summed E-state index contributed by atoms with van der Waals surface area (Å²) in [6.07, 6.45) is 3.60. The Morgan fingerprint density at radius 2 is 2.05 bits per heavy atom. The lowest BCUT2D eigenvalue weighted by Gasteiger charge is -2.12. The Kier molecular flexibility index (Phi) is 5.21. The predicted octanol–water partition coefficient (Wildman–Crippen LogP) is 4.42. The van der Waals surface area contributed by atoms with Crippen molar-refractivity contribution in [3.63, 3.8) is 0 Å².